The molecule has 1 heterocycles. The van der Waals surface area contributed by atoms with Crippen molar-refractivity contribution in [3.8, 4) is 0 Å². The van der Waals surface area contributed by atoms with E-state index in [0.717, 1.165) is 19.4 Å². The summed E-state index contributed by atoms with van der Waals surface area (Å²) < 4.78 is 4.96. The third-order valence-electron chi connectivity index (χ3n) is 3.03. The summed E-state index contributed by atoms with van der Waals surface area (Å²) in [7, 11) is 0. The number of nitrogens with zero attached hydrogens (tertiary/aromatic N) is 1. The molecule has 92 valence electrons. The number of nitrogens with two attached hydrogens (primary N) is 1. The van der Waals surface area contributed by atoms with Crippen LogP contribution in [0.3, 0.4) is 0 Å². The molecule has 1 aliphatic heterocycles. The number of hydrogen-bond donors (Lipinski definition) is 1. The lowest BCUT2D eigenvalue weighted by Gasteiger charge is -2.34. The first-order chi connectivity index (χ1) is 7.56. The highest BCUT2D eigenvalue weighted by atomic mass is 16.5. The molecule has 0 saturated carbocycles. The fraction of sp³-hybridized carbons (Fsp3) is 0.818. The van der Waals surface area contributed by atoms with E-state index < -0.39 is 0 Å². The zero-order valence-corrected chi connectivity index (χ0v) is 9.94. The van der Waals surface area contributed by atoms with Crippen molar-refractivity contribution in [3.63, 3.8) is 0 Å². The zero-order chi connectivity index (χ0) is 12.1. The molecular formula is C11H20N2O3. The van der Waals surface area contributed by atoms with Gasteiger partial charge in [0.05, 0.1) is 12.5 Å². The van der Waals surface area contributed by atoms with Crippen LogP contribution in [-0.4, -0.2) is 42.5 Å². The largest absolute Gasteiger partial charge is 0.465 e. The molecule has 16 heavy (non-hydrogen) atoms. The van der Waals surface area contributed by atoms with Gasteiger partial charge in [0, 0.05) is 6.54 Å². The lowest BCUT2D eigenvalue weighted by atomic mass is 9.96. The smallest absolute Gasteiger partial charge is 0.323 e. The van der Waals surface area contributed by atoms with E-state index in [4.69, 9.17) is 10.5 Å². The molecule has 1 saturated heterocycles. The Bertz CT molecular complexity index is 268. The predicted molar refractivity (Wildman–Crippen MR) is 59.6 cm³/mol. The quantitative estimate of drug-likeness (QED) is 0.694. The maximum Gasteiger partial charge on any atom is 0.323 e. The Balaban J connectivity index is 2.52. The molecule has 2 atom stereocenters. The fourth-order valence-electron chi connectivity index (χ4n) is 2.00. The van der Waals surface area contributed by atoms with Gasteiger partial charge in [-0.2, -0.15) is 0 Å². The molecule has 1 fully saturated rings. The minimum absolute atomic E-state index is 0.134. The minimum atomic E-state index is -0.290. The van der Waals surface area contributed by atoms with Crippen molar-refractivity contribution >= 4 is 11.9 Å². The Morgan fingerprint density at radius 2 is 2.25 bits per heavy atom. The second-order valence-electron chi connectivity index (χ2n) is 4.16. The van der Waals surface area contributed by atoms with Gasteiger partial charge in [-0.1, -0.05) is 0 Å². The Labute approximate surface area is 95.9 Å². The molecule has 0 aromatic heterocycles. The normalized spacial score (nSPS) is 23.8. The summed E-state index contributed by atoms with van der Waals surface area (Å²) in [6.45, 7) is 5.36. The molecule has 0 spiro atoms. The fourth-order valence-corrected chi connectivity index (χ4v) is 2.00. The summed E-state index contributed by atoms with van der Waals surface area (Å²) in [6, 6.07) is -0.290. The van der Waals surface area contributed by atoms with Crippen LogP contribution < -0.4 is 5.73 Å². The highest BCUT2D eigenvalue weighted by Gasteiger charge is 2.30. The Morgan fingerprint density at radius 1 is 1.56 bits per heavy atom. The number of ether oxygens (including phenoxy) is 1. The van der Waals surface area contributed by atoms with E-state index in [1.807, 2.05) is 4.90 Å². The molecule has 5 heteroatoms. The first-order valence-electron chi connectivity index (χ1n) is 5.76. The topological polar surface area (TPSA) is 72.6 Å². The molecule has 5 nitrogen and oxygen atoms in total. The van der Waals surface area contributed by atoms with Gasteiger partial charge in [-0.25, -0.2) is 0 Å². The van der Waals surface area contributed by atoms with Crippen LogP contribution in [0, 0.1) is 5.92 Å². The zero-order valence-electron chi connectivity index (χ0n) is 9.94. The summed E-state index contributed by atoms with van der Waals surface area (Å²) in [4.78, 5) is 24.6. The number of carbonyl (C=O) groups excluding carboxylic acids is 2. The van der Waals surface area contributed by atoms with Gasteiger partial charge in [0.2, 0.25) is 5.91 Å². The van der Waals surface area contributed by atoms with E-state index in [2.05, 4.69) is 0 Å². The summed E-state index contributed by atoms with van der Waals surface area (Å²) in [6.07, 6.45) is 1.72. The van der Waals surface area contributed by atoms with Crippen molar-refractivity contribution in [1.29, 1.82) is 0 Å². The van der Waals surface area contributed by atoms with Crippen LogP contribution in [0.2, 0.25) is 0 Å². The predicted octanol–water partition coefficient (Wildman–Crippen LogP) is 0.135. The number of primary amides is 1. The molecule has 2 unspecified atom stereocenters. The third kappa shape index (κ3) is 3.20. The van der Waals surface area contributed by atoms with Gasteiger partial charge in [-0.3, -0.25) is 14.5 Å². The van der Waals surface area contributed by atoms with Crippen LogP contribution >= 0.6 is 0 Å². The van der Waals surface area contributed by atoms with Gasteiger partial charge < -0.3 is 10.5 Å². The Hall–Kier alpha value is -1.10. The Kier molecular flexibility index (Phi) is 4.73. The van der Waals surface area contributed by atoms with Crippen molar-refractivity contribution in [2.45, 2.75) is 32.7 Å². The minimum Gasteiger partial charge on any atom is -0.465 e. The number of hydrogen-bond acceptors (Lipinski definition) is 4. The van der Waals surface area contributed by atoms with Gasteiger partial charge in [0.1, 0.15) is 6.04 Å². The summed E-state index contributed by atoms with van der Waals surface area (Å²) in [5, 5.41) is 0. The molecule has 0 aromatic carbocycles. The lowest BCUT2D eigenvalue weighted by Crippen LogP contribution is -2.48. The van der Waals surface area contributed by atoms with Gasteiger partial charge in [0.15, 0.2) is 0 Å². The van der Waals surface area contributed by atoms with Crippen LogP contribution in [0.25, 0.3) is 0 Å². The van der Waals surface area contributed by atoms with E-state index in [1.165, 1.54) is 0 Å². The number of amides is 1. The number of esters is 1. The number of likely N-dealkylation sites (tertiary alicyclic amines) is 1. The van der Waals surface area contributed by atoms with Crippen molar-refractivity contribution < 1.29 is 14.3 Å². The second kappa shape index (κ2) is 5.84. The maximum absolute atomic E-state index is 11.5. The van der Waals surface area contributed by atoms with Crippen LogP contribution in [0.4, 0.5) is 0 Å². The monoisotopic (exact) mass is 228 g/mol. The highest BCUT2D eigenvalue weighted by Crippen LogP contribution is 2.18. The lowest BCUT2D eigenvalue weighted by molar-refractivity contribution is -0.150. The van der Waals surface area contributed by atoms with Crippen LogP contribution in [-0.2, 0) is 14.3 Å². The molecule has 0 aliphatic carbocycles. The van der Waals surface area contributed by atoms with E-state index in [9.17, 15) is 9.59 Å². The second-order valence-corrected chi connectivity index (χ2v) is 4.16. The van der Waals surface area contributed by atoms with Crippen molar-refractivity contribution in [1.82, 2.24) is 4.90 Å². The van der Waals surface area contributed by atoms with Crippen molar-refractivity contribution in [2.75, 3.05) is 19.7 Å². The van der Waals surface area contributed by atoms with Crippen LogP contribution in [0.1, 0.15) is 26.7 Å². The number of rotatable bonds is 4. The average molecular weight is 228 g/mol. The highest BCUT2D eigenvalue weighted by molar-refractivity contribution is 5.78. The van der Waals surface area contributed by atoms with E-state index in [1.54, 1.807) is 13.8 Å². The number of piperidine rings is 1. The Morgan fingerprint density at radius 3 is 2.81 bits per heavy atom. The first-order valence-corrected chi connectivity index (χ1v) is 5.76. The summed E-state index contributed by atoms with van der Waals surface area (Å²) in [5.74, 6) is -0.640. The van der Waals surface area contributed by atoms with Gasteiger partial charge in [-0.15, -0.1) is 0 Å². The van der Waals surface area contributed by atoms with Crippen molar-refractivity contribution in [2.24, 2.45) is 11.7 Å². The van der Waals surface area contributed by atoms with E-state index >= 15 is 0 Å². The average Bonchev–Trinajstić information content (AvgIpc) is 2.28. The molecule has 1 aliphatic rings. The van der Waals surface area contributed by atoms with Crippen LogP contribution in [0.5, 0.6) is 0 Å². The van der Waals surface area contributed by atoms with E-state index in [0.29, 0.717) is 13.2 Å². The van der Waals surface area contributed by atoms with Crippen molar-refractivity contribution in [3.05, 3.63) is 0 Å². The SMILES string of the molecule is CCOC(=O)C(C)N1CCCC(C(N)=O)C1. The summed E-state index contributed by atoms with van der Waals surface area (Å²) in [5.41, 5.74) is 5.28. The van der Waals surface area contributed by atoms with Crippen LogP contribution in [0.15, 0.2) is 0 Å². The van der Waals surface area contributed by atoms with Gasteiger partial charge >= 0.3 is 5.97 Å². The van der Waals surface area contributed by atoms with Gasteiger partial charge in [-0.05, 0) is 33.2 Å². The molecule has 1 rings (SSSR count). The number of carbonyl (C=O) groups is 2. The molecule has 0 bridgehead atoms. The molecule has 0 aromatic rings. The van der Waals surface area contributed by atoms with E-state index in [-0.39, 0.29) is 23.8 Å². The maximum atomic E-state index is 11.5. The molecule has 1 amide bonds. The molecule has 2 N–H and O–H groups in total. The molecule has 0 radical (unpaired) electrons. The summed E-state index contributed by atoms with van der Waals surface area (Å²) >= 11 is 0. The third-order valence-corrected chi connectivity index (χ3v) is 3.03. The van der Waals surface area contributed by atoms with Gasteiger partial charge in [0.25, 0.3) is 0 Å². The first kappa shape index (κ1) is 13.0. The standard InChI is InChI=1S/C11H20N2O3/c1-3-16-11(15)8(2)13-6-4-5-9(7-13)10(12)14/h8-9H,3-7H2,1-2H3,(H2,12,14). The molecular weight excluding hydrogens is 208 g/mol.